The Bertz CT molecular complexity index is 528. The third-order valence-corrected chi connectivity index (χ3v) is 3.23. The Morgan fingerprint density at radius 1 is 0.955 bits per heavy atom. The van der Waals surface area contributed by atoms with Crippen LogP contribution in [0.1, 0.15) is 32.6 Å². The molecule has 0 unspecified atom stereocenters. The summed E-state index contributed by atoms with van der Waals surface area (Å²) < 4.78 is 14.2. The second kappa shape index (κ2) is 8.21. The molecule has 22 heavy (non-hydrogen) atoms. The third-order valence-electron chi connectivity index (χ3n) is 3.23. The van der Waals surface area contributed by atoms with Gasteiger partial charge in [0, 0.05) is 6.42 Å². The van der Waals surface area contributed by atoms with Crippen LogP contribution in [0.4, 0.5) is 0 Å². The molecular weight excluding hydrogens is 292 g/mol. The number of aliphatic hydroxyl groups is 1. The van der Waals surface area contributed by atoms with Gasteiger partial charge in [0.1, 0.15) is 11.3 Å². The van der Waals surface area contributed by atoms with Crippen LogP contribution in [0, 0.1) is 0 Å². The fraction of sp³-hybridized carbons (Fsp3) is 0.533. The van der Waals surface area contributed by atoms with Crippen LogP contribution in [0.2, 0.25) is 0 Å². The molecule has 0 heterocycles. The molecule has 122 valence electrons. The number of carbonyl (C=O) groups excluding carboxylic acids is 3. The first-order valence-corrected chi connectivity index (χ1v) is 6.97. The quantitative estimate of drug-likeness (QED) is 0.621. The average Bonchev–Trinajstić information content (AvgIpc) is 2.49. The van der Waals surface area contributed by atoms with Gasteiger partial charge in [0.05, 0.1) is 32.0 Å². The van der Waals surface area contributed by atoms with E-state index in [2.05, 4.69) is 9.47 Å². The Hall–Kier alpha value is -2.31. The zero-order chi connectivity index (χ0) is 16.7. The summed E-state index contributed by atoms with van der Waals surface area (Å²) in [5.41, 5.74) is -0.609. The molecule has 0 aliphatic heterocycles. The number of aliphatic hydroxyl groups excluding tert-OH is 1. The SMILES string of the molecule is CCOC(=O)C1=C(C(=O)OC)/C(C(=O)OC)=C(/O)CCCC1. The Balaban J connectivity index is 3.58. The summed E-state index contributed by atoms with van der Waals surface area (Å²) in [5, 5.41) is 10.1. The van der Waals surface area contributed by atoms with Crippen molar-refractivity contribution in [3.05, 3.63) is 22.5 Å². The Morgan fingerprint density at radius 3 is 2.05 bits per heavy atom. The van der Waals surface area contributed by atoms with E-state index >= 15 is 0 Å². The van der Waals surface area contributed by atoms with Gasteiger partial charge < -0.3 is 19.3 Å². The van der Waals surface area contributed by atoms with Crippen molar-refractivity contribution >= 4 is 17.9 Å². The number of allylic oxidation sites excluding steroid dienone is 1. The lowest BCUT2D eigenvalue weighted by Gasteiger charge is -2.18. The van der Waals surface area contributed by atoms with Crippen molar-refractivity contribution in [3.8, 4) is 0 Å². The molecule has 1 N–H and O–H groups in total. The second-order valence-electron chi connectivity index (χ2n) is 4.59. The van der Waals surface area contributed by atoms with Crippen LogP contribution in [-0.4, -0.2) is 43.8 Å². The Morgan fingerprint density at radius 2 is 1.50 bits per heavy atom. The van der Waals surface area contributed by atoms with Gasteiger partial charge in [-0.05, 0) is 26.2 Å². The molecule has 7 heteroatoms. The van der Waals surface area contributed by atoms with E-state index in [-0.39, 0.29) is 41.9 Å². The molecule has 0 aromatic carbocycles. The molecule has 0 spiro atoms. The minimum absolute atomic E-state index is 0.0142. The van der Waals surface area contributed by atoms with Crippen LogP contribution < -0.4 is 0 Å². The smallest absolute Gasteiger partial charge is 0.342 e. The molecule has 1 rings (SSSR count). The fourth-order valence-electron chi connectivity index (χ4n) is 2.21. The minimum Gasteiger partial charge on any atom is -0.511 e. The molecule has 0 saturated heterocycles. The summed E-state index contributed by atoms with van der Waals surface area (Å²) in [6.07, 6.45) is 1.58. The zero-order valence-corrected chi connectivity index (χ0v) is 12.9. The van der Waals surface area contributed by atoms with Gasteiger partial charge in [-0.25, -0.2) is 14.4 Å². The van der Waals surface area contributed by atoms with Crippen molar-refractivity contribution in [2.24, 2.45) is 0 Å². The monoisotopic (exact) mass is 312 g/mol. The first-order chi connectivity index (χ1) is 10.5. The second-order valence-corrected chi connectivity index (χ2v) is 4.59. The van der Waals surface area contributed by atoms with E-state index in [1.54, 1.807) is 6.92 Å². The fourth-order valence-corrected chi connectivity index (χ4v) is 2.21. The number of esters is 3. The van der Waals surface area contributed by atoms with E-state index in [0.717, 1.165) is 14.2 Å². The van der Waals surface area contributed by atoms with Crippen LogP contribution >= 0.6 is 0 Å². The van der Waals surface area contributed by atoms with Crippen molar-refractivity contribution in [2.45, 2.75) is 32.6 Å². The summed E-state index contributed by atoms with van der Waals surface area (Å²) in [5.74, 6) is -2.80. The van der Waals surface area contributed by atoms with Crippen molar-refractivity contribution < 1.29 is 33.7 Å². The maximum absolute atomic E-state index is 12.1. The lowest BCUT2D eigenvalue weighted by atomic mass is 9.91. The van der Waals surface area contributed by atoms with E-state index in [0.29, 0.717) is 12.8 Å². The summed E-state index contributed by atoms with van der Waals surface area (Å²) in [6, 6.07) is 0. The van der Waals surface area contributed by atoms with Gasteiger partial charge in [-0.15, -0.1) is 0 Å². The third kappa shape index (κ3) is 3.87. The lowest BCUT2D eigenvalue weighted by Crippen LogP contribution is -2.23. The molecule has 0 amide bonds. The molecule has 0 bridgehead atoms. The molecule has 7 nitrogen and oxygen atoms in total. The van der Waals surface area contributed by atoms with E-state index in [1.165, 1.54) is 0 Å². The summed E-state index contributed by atoms with van der Waals surface area (Å²) in [6.45, 7) is 1.76. The molecule has 0 aromatic heterocycles. The lowest BCUT2D eigenvalue weighted by molar-refractivity contribution is -0.141. The van der Waals surface area contributed by atoms with Crippen LogP contribution in [-0.2, 0) is 28.6 Å². The van der Waals surface area contributed by atoms with Gasteiger partial charge in [0.2, 0.25) is 0 Å². The molecular formula is C15H20O7. The van der Waals surface area contributed by atoms with Gasteiger partial charge in [0.15, 0.2) is 0 Å². The van der Waals surface area contributed by atoms with Gasteiger partial charge in [-0.2, -0.15) is 0 Å². The van der Waals surface area contributed by atoms with Gasteiger partial charge in [-0.3, -0.25) is 0 Å². The first kappa shape index (κ1) is 17.7. The first-order valence-electron chi connectivity index (χ1n) is 6.97. The number of hydrogen-bond acceptors (Lipinski definition) is 7. The number of methoxy groups -OCH3 is 2. The van der Waals surface area contributed by atoms with Crippen molar-refractivity contribution in [2.75, 3.05) is 20.8 Å². The molecule has 1 aliphatic carbocycles. The Kier molecular flexibility index (Phi) is 6.62. The predicted octanol–water partition coefficient (Wildman–Crippen LogP) is 1.58. The standard InChI is InChI=1S/C15H20O7/c1-4-22-13(17)9-7-5-6-8-10(16)12(15(19)21-3)11(9)14(18)20-2/h16H,4-8H2,1-3H3/b11-9?,12-10-. The highest BCUT2D eigenvalue weighted by Crippen LogP contribution is 2.29. The van der Waals surface area contributed by atoms with Crippen molar-refractivity contribution in [1.82, 2.24) is 0 Å². The Labute approximate surface area is 128 Å². The maximum atomic E-state index is 12.1. The highest BCUT2D eigenvalue weighted by molar-refractivity contribution is 6.12. The zero-order valence-electron chi connectivity index (χ0n) is 12.9. The topological polar surface area (TPSA) is 99.1 Å². The number of carbonyl (C=O) groups is 3. The number of hydrogen-bond donors (Lipinski definition) is 1. The number of rotatable bonds is 4. The molecule has 0 saturated carbocycles. The van der Waals surface area contributed by atoms with Crippen LogP contribution in [0.15, 0.2) is 22.5 Å². The highest BCUT2D eigenvalue weighted by atomic mass is 16.5. The van der Waals surface area contributed by atoms with Gasteiger partial charge >= 0.3 is 17.9 Å². The van der Waals surface area contributed by atoms with Crippen LogP contribution in [0.25, 0.3) is 0 Å². The predicted molar refractivity (Wildman–Crippen MR) is 75.8 cm³/mol. The molecule has 0 radical (unpaired) electrons. The molecule has 0 aromatic rings. The maximum Gasteiger partial charge on any atom is 0.342 e. The normalized spacial score (nSPS) is 19.0. The van der Waals surface area contributed by atoms with Crippen molar-refractivity contribution in [3.63, 3.8) is 0 Å². The van der Waals surface area contributed by atoms with E-state index in [9.17, 15) is 19.5 Å². The minimum atomic E-state index is -0.901. The van der Waals surface area contributed by atoms with Crippen molar-refractivity contribution in [1.29, 1.82) is 0 Å². The largest absolute Gasteiger partial charge is 0.511 e. The average molecular weight is 312 g/mol. The van der Waals surface area contributed by atoms with Crippen LogP contribution in [0.3, 0.4) is 0 Å². The van der Waals surface area contributed by atoms with E-state index in [1.807, 2.05) is 0 Å². The van der Waals surface area contributed by atoms with E-state index < -0.39 is 17.9 Å². The summed E-state index contributed by atoms with van der Waals surface area (Å²) in [7, 11) is 2.25. The molecule has 0 atom stereocenters. The molecule has 0 fully saturated rings. The number of ether oxygens (including phenoxy) is 3. The highest BCUT2D eigenvalue weighted by Gasteiger charge is 2.33. The van der Waals surface area contributed by atoms with Gasteiger partial charge in [0.25, 0.3) is 0 Å². The van der Waals surface area contributed by atoms with Crippen LogP contribution in [0.5, 0.6) is 0 Å². The van der Waals surface area contributed by atoms with Gasteiger partial charge in [-0.1, -0.05) is 0 Å². The summed E-state index contributed by atoms with van der Waals surface area (Å²) >= 11 is 0. The van der Waals surface area contributed by atoms with E-state index in [4.69, 9.17) is 4.74 Å². The molecule has 1 aliphatic rings. The summed E-state index contributed by atoms with van der Waals surface area (Å²) in [4.78, 5) is 36.2.